The maximum atomic E-state index is 14.1. The van der Waals surface area contributed by atoms with Gasteiger partial charge in [0.1, 0.15) is 18.0 Å². The number of hydrogen-bond donors (Lipinski definition) is 2. The molecule has 10 nitrogen and oxygen atoms in total. The standard InChI is InChI=1S/C33H37Cl2N5O5S/c1-33(2,3)45-31(41)21-40(46(43,44)25-18-23(34)17-24(35)19-25)29-11-7-8-26-27(29)9-6-10-28(26)32(42)38-20-22-12-13-36-30(16-22)37-14-15-39(4)5/h6-13,16-19H,14-15,20-21H2,1-5H3,(H,36,37)(H,38,42). The van der Waals surface area contributed by atoms with E-state index in [1.807, 2.05) is 26.2 Å². The van der Waals surface area contributed by atoms with Crippen LogP contribution in [0.15, 0.2) is 77.8 Å². The lowest BCUT2D eigenvalue weighted by molar-refractivity contribution is -0.152. The zero-order valence-electron chi connectivity index (χ0n) is 26.3. The molecule has 0 bridgehead atoms. The number of carbonyl (C=O) groups is 2. The van der Waals surface area contributed by atoms with E-state index in [0.717, 1.165) is 23.0 Å². The number of nitrogens with zero attached hydrogens (tertiary/aromatic N) is 3. The highest BCUT2D eigenvalue weighted by atomic mass is 35.5. The molecule has 0 aliphatic carbocycles. The minimum atomic E-state index is -4.39. The second kappa shape index (κ2) is 14.7. The van der Waals surface area contributed by atoms with Gasteiger partial charge in [-0.3, -0.25) is 13.9 Å². The van der Waals surface area contributed by atoms with Crippen LogP contribution in [0.4, 0.5) is 11.5 Å². The van der Waals surface area contributed by atoms with E-state index < -0.39 is 28.1 Å². The Morgan fingerprint density at radius 1 is 0.935 bits per heavy atom. The van der Waals surface area contributed by atoms with Crippen molar-refractivity contribution in [1.29, 1.82) is 0 Å². The lowest BCUT2D eigenvalue weighted by Gasteiger charge is -2.27. The molecule has 0 saturated heterocycles. The highest BCUT2D eigenvalue weighted by molar-refractivity contribution is 7.93. The number of pyridine rings is 1. The molecule has 1 heterocycles. The molecule has 0 saturated carbocycles. The van der Waals surface area contributed by atoms with Crippen LogP contribution in [0, 0.1) is 0 Å². The van der Waals surface area contributed by atoms with Crippen molar-refractivity contribution < 1.29 is 22.7 Å². The number of rotatable bonds is 12. The summed E-state index contributed by atoms with van der Waals surface area (Å²) in [5.41, 5.74) is 0.509. The Hall–Kier alpha value is -3.90. The highest BCUT2D eigenvalue weighted by Crippen LogP contribution is 2.34. The van der Waals surface area contributed by atoms with Gasteiger partial charge in [-0.15, -0.1) is 0 Å². The molecule has 2 N–H and O–H groups in total. The van der Waals surface area contributed by atoms with Crippen LogP contribution in [0.1, 0.15) is 36.7 Å². The number of amides is 1. The Morgan fingerprint density at radius 3 is 2.28 bits per heavy atom. The van der Waals surface area contributed by atoms with E-state index in [2.05, 4.69) is 20.5 Å². The normalized spacial score (nSPS) is 11.8. The number of nitrogens with one attached hydrogen (secondary N) is 2. The molecule has 4 rings (SSSR count). The first-order valence-electron chi connectivity index (χ1n) is 14.5. The third kappa shape index (κ3) is 9.10. The molecule has 0 aliphatic rings. The van der Waals surface area contributed by atoms with Crippen LogP contribution in [0.25, 0.3) is 10.8 Å². The maximum Gasteiger partial charge on any atom is 0.327 e. The minimum Gasteiger partial charge on any atom is -0.459 e. The predicted molar refractivity (Wildman–Crippen MR) is 183 cm³/mol. The summed E-state index contributed by atoms with van der Waals surface area (Å²) in [6.45, 7) is 6.25. The molecule has 0 radical (unpaired) electrons. The lowest BCUT2D eigenvalue weighted by atomic mass is 10.0. The number of ether oxygens (including phenoxy) is 1. The summed E-state index contributed by atoms with van der Waals surface area (Å²) in [4.78, 5) is 32.7. The van der Waals surface area contributed by atoms with E-state index in [1.165, 1.54) is 18.2 Å². The van der Waals surface area contributed by atoms with Gasteiger partial charge in [-0.05, 0) is 88.3 Å². The first kappa shape index (κ1) is 35.0. The number of carbonyl (C=O) groups excluding carboxylic acids is 2. The van der Waals surface area contributed by atoms with Gasteiger partial charge in [-0.1, -0.05) is 47.5 Å². The van der Waals surface area contributed by atoms with Crippen LogP contribution >= 0.6 is 23.2 Å². The van der Waals surface area contributed by atoms with Gasteiger partial charge in [0, 0.05) is 46.8 Å². The SMILES string of the molecule is CN(C)CCNc1cc(CNC(=O)c2cccc3c(N(CC(=O)OC(C)(C)C)S(=O)(=O)c4cc(Cl)cc(Cl)c4)cccc23)ccn1. The molecule has 13 heteroatoms. The largest absolute Gasteiger partial charge is 0.459 e. The average molecular weight is 687 g/mol. The van der Waals surface area contributed by atoms with Gasteiger partial charge in [0.15, 0.2) is 0 Å². The van der Waals surface area contributed by atoms with Crippen molar-refractivity contribution in [1.82, 2.24) is 15.2 Å². The van der Waals surface area contributed by atoms with Gasteiger partial charge in [0.05, 0.1) is 10.6 Å². The van der Waals surface area contributed by atoms with E-state index in [1.54, 1.807) is 63.4 Å². The Bertz CT molecular complexity index is 1820. The second-order valence-electron chi connectivity index (χ2n) is 11.8. The van der Waals surface area contributed by atoms with Crippen molar-refractivity contribution in [3.8, 4) is 0 Å². The van der Waals surface area contributed by atoms with Crippen LogP contribution < -0.4 is 14.9 Å². The van der Waals surface area contributed by atoms with E-state index >= 15 is 0 Å². The molecule has 3 aromatic carbocycles. The van der Waals surface area contributed by atoms with Crippen LogP contribution in [0.2, 0.25) is 10.0 Å². The van der Waals surface area contributed by atoms with Crippen LogP contribution in [-0.2, 0) is 26.1 Å². The predicted octanol–water partition coefficient (Wildman–Crippen LogP) is 5.98. The number of fused-ring (bicyclic) bond motifs is 1. The zero-order valence-corrected chi connectivity index (χ0v) is 28.6. The summed E-state index contributed by atoms with van der Waals surface area (Å²) < 4.78 is 34.6. The third-order valence-electron chi connectivity index (χ3n) is 6.67. The number of hydrogen-bond acceptors (Lipinski definition) is 8. The first-order valence-corrected chi connectivity index (χ1v) is 16.7. The van der Waals surface area contributed by atoms with Crippen LogP contribution in [-0.4, -0.2) is 69.5 Å². The molecule has 244 valence electrons. The summed E-state index contributed by atoms with van der Waals surface area (Å²) in [5.74, 6) is -0.413. The summed E-state index contributed by atoms with van der Waals surface area (Å²) >= 11 is 12.3. The van der Waals surface area contributed by atoms with E-state index in [0.29, 0.717) is 22.2 Å². The van der Waals surface area contributed by atoms with E-state index in [4.69, 9.17) is 27.9 Å². The summed E-state index contributed by atoms with van der Waals surface area (Å²) in [5, 5.41) is 7.37. The fourth-order valence-corrected chi connectivity index (χ4v) is 6.83. The number of sulfonamides is 1. The van der Waals surface area contributed by atoms with E-state index in [-0.39, 0.29) is 33.1 Å². The molecule has 1 amide bonds. The minimum absolute atomic E-state index is 0.117. The third-order valence-corrected chi connectivity index (χ3v) is 8.85. The first-order chi connectivity index (χ1) is 21.6. The average Bonchev–Trinajstić information content (AvgIpc) is 2.97. The smallest absolute Gasteiger partial charge is 0.327 e. The number of esters is 1. The molecular weight excluding hydrogens is 649 g/mol. The van der Waals surface area contributed by atoms with Gasteiger partial charge < -0.3 is 20.3 Å². The Kier molecular flexibility index (Phi) is 11.2. The molecule has 0 unspecified atom stereocenters. The lowest BCUT2D eigenvalue weighted by Crippen LogP contribution is -2.39. The Balaban J connectivity index is 1.68. The molecule has 0 spiro atoms. The molecule has 1 aromatic heterocycles. The molecular formula is C33H37Cl2N5O5S. The molecule has 0 atom stereocenters. The number of benzene rings is 3. The van der Waals surface area contributed by atoms with E-state index in [9.17, 15) is 18.0 Å². The molecule has 0 fully saturated rings. The summed E-state index contributed by atoms with van der Waals surface area (Å²) in [6.07, 6.45) is 1.68. The topological polar surface area (TPSA) is 121 Å². The number of halogens is 2. The van der Waals surface area contributed by atoms with Crippen molar-refractivity contribution in [3.05, 3.63) is 94.1 Å². The fraction of sp³-hybridized carbons (Fsp3) is 0.303. The molecule has 4 aromatic rings. The fourth-order valence-electron chi connectivity index (χ4n) is 4.67. The van der Waals surface area contributed by atoms with Crippen molar-refractivity contribution in [2.75, 3.05) is 43.4 Å². The van der Waals surface area contributed by atoms with Crippen LogP contribution in [0.5, 0.6) is 0 Å². The maximum absolute atomic E-state index is 14.1. The quantitative estimate of drug-likeness (QED) is 0.175. The second-order valence-corrected chi connectivity index (χ2v) is 14.6. The van der Waals surface area contributed by atoms with Crippen molar-refractivity contribution in [3.63, 3.8) is 0 Å². The monoisotopic (exact) mass is 685 g/mol. The Labute approximate surface area is 279 Å². The summed E-state index contributed by atoms with van der Waals surface area (Å²) in [7, 11) is -0.407. The summed E-state index contributed by atoms with van der Waals surface area (Å²) in [6, 6.07) is 17.6. The molecule has 0 aliphatic heterocycles. The van der Waals surface area contributed by atoms with Gasteiger partial charge in [-0.2, -0.15) is 0 Å². The van der Waals surface area contributed by atoms with Crippen LogP contribution in [0.3, 0.4) is 0 Å². The zero-order chi connectivity index (χ0) is 33.6. The van der Waals surface area contributed by atoms with Crippen molar-refractivity contribution in [2.45, 2.75) is 37.8 Å². The van der Waals surface area contributed by atoms with Gasteiger partial charge >= 0.3 is 5.97 Å². The molecule has 46 heavy (non-hydrogen) atoms. The van der Waals surface area contributed by atoms with Crippen molar-refractivity contribution >= 4 is 67.4 Å². The van der Waals surface area contributed by atoms with Gasteiger partial charge in [0.2, 0.25) is 0 Å². The highest BCUT2D eigenvalue weighted by Gasteiger charge is 2.31. The van der Waals surface area contributed by atoms with Gasteiger partial charge in [0.25, 0.3) is 15.9 Å². The number of likely N-dealkylation sites (N-methyl/N-ethyl adjacent to an activating group) is 1. The van der Waals surface area contributed by atoms with Crippen molar-refractivity contribution in [2.24, 2.45) is 0 Å². The number of anilines is 2. The van der Waals surface area contributed by atoms with Gasteiger partial charge in [-0.25, -0.2) is 13.4 Å². The Morgan fingerprint density at radius 2 is 1.61 bits per heavy atom. The number of aromatic nitrogens is 1.